The van der Waals surface area contributed by atoms with Crippen molar-refractivity contribution in [3.8, 4) is 0 Å². The molecule has 0 aliphatic carbocycles. The van der Waals surface area contributed by atoms with Gasteiger partial charge in [0, 0.05) is 49.6 Å². The van der Waals surface area contributed by atoms with Crippen molar-refractivity contribution in [1.82, 2.24) is 14.8 Å². The summed E-state index contributed by atoms with van der Waals surface area (Å²) in [5.41, 5.74) is 1.52. The third-order valence-corrected chi connectivity index (χ3v) is 6.28. The second kappa shape index (κ2) is 6.76. The van der Waals surface area contributed by atoms with Crippen LogP contribution >= 0.6 is 11.3 Å². The van der Waals surface area contributed by atoms with Crippen LogP contribution in [0.15, 0.2) is 5.38 Å². The molecule has 4 heterocycles. The van der Waals surface area contributed by atoms with Crippen LogP contribution in [-0.2, 0) is 16.0 Å². The lowest BCUT2D eigenvalue weighted by Crippen LogP contribution is -2.45. The summed E-state index contributed by atoms with van der Waals surface area (Å²) in [5.74, 6) is 0. The average molecular weight is 337 g/mol. The molecular formula is C17H27N3O2S. The standard InChI is InChI=1S/C17H27N3O2S/c1-14-18-15(10-23-14)8-19-4-3-17(11-19)12-20(5-7-22-13-17)16-2-6-21-9-16/h10,16H,2-9,11-13H2,1H3/t16-,17+/m0/s1. The van der Waals surface area contributed by atoms with Crippen LogP contribution in [0.25, 0.3) is 0 Å². The first-order valence-corrected chi connectivity index (χ1v) is 9.63. The zero-order chi connectivity index (χ0) is 15.7. The van der Waals surface area contributed by atoms with Gasteiger partial charge in [-0.2, -0.15) is 0 Å². The minimum atomic E-state index is 0.296. The summed E-state index contributed by atoms with van der Waals surface area (Å²) in [5, 5.41) is 3.37. The van der Waals surface area contributed by atoms with E-state index in [1.54, 1.807) is 11.3 Å². The Balaban J connectivity index is 1.40. The maximum atomic E-state index is 6.00. The Morgan fingerprint density at radius 3 is 3.04 bits per heavy atom. The van der Waals surface area contributed by atoms with Crippen molar-refractivity contribution in [2.45, 2.75) is 32.4 Å². The van der Waals surface area contributed by atoms with Gasteiger partial charge in [0.05, 0.1) is 30.5 Å². The molecule has 0 unspecified atom stereocenters. The summed E-state index contributed by atoms with van der Waals surface area (Å²) in [6, 6.07) is 0.601. The van der Waals surface area contributed by atoms with Crippen molar-refractivity contribution in [1.29, 1.82) is 0 Å². The fourth-order valence-corrected chi connectivity index (χ4v) is 4.87. The molecule has 1 spiro atoms. The van der Waals surface area contributed by atoms with Crippen molar-refractivity contribution >= 4 is 11.3 Å². The zero-order valence-electron chi connectivity index (χ0n) is 14.0. The molecule has 5 nitrogen and oxygen atoms in total. The molecular weight excluding hydrogens is 310 g/mol. The first-order chi connectivity index (χ1) is 11.2. The lowest BCUT2D eigenvalue weighted by molar-refractivity contribution is 0.0683. The summed E-state index contributed by atoms with van der Waals surface area (Å²) < 4.78 is 11.6. The minimum absolute atomic E-state index is 0.296. The highest BCUT2D eigenvalue weighted by atomic mass is 32.1. The number of nitrogens with zero attached hydrogens (tertiary/aromatic N) is 3. The monoisotopic (exact) mass is 337 g/mol. The Labute approximate surface area is 142 Å². The Bertz CT molecular complexity index is 532. The van der Waals surface area contributed by atoms with E-state index in [0.29, 0.717) is 11.5 Å². The van der Waals surface area contributed by atoms with Crippen molar-refractivity contribution in [2.75, 3.05) is 52.6 Å². The molecule has 1 aromatic heterocycles. The van der Waals surface area contributed by atoms with E-state index < -0.39 is 0 Å². The minimum Gasteiger partial charge on any atom is -0.380 e. The average Bonchev–Trinajstić information content (AvgIpc) is 3.23. The Morgan fingerprint density at radius 2 is 2.26 bits per heavy atom. The van der Waals surface area contributed by atoms with Crippen LogP contribution < -0.4 is 0 Å². The Kier molecular flexibility index (Phi) is 4.70. The fraction of sp³-hybridized carbons (Fsp3) is 0.824. The van der Waals surface area contributed by atoms with Crippen molar-refractivity contribution in [2.24, 2.45) is 5.41 Å². The van der Waals surface area contributed by atoms with Crippen molar-refractivity contribution in [3.63, 3.8) is 0 Å². The normalized spacial score (nSPS) is 33.5. The van der Waals surface area contributed by atoms with Crippen LogP contribution in [0.1, 0.15) is 23.5 Å². The molecule has 128 valence electrons. The van der Waals surface area contributed by atoms with Gasteiger partial charge < -0.3 is 9.47 Å². The molecule has 3 saturated heterocycles. The number of aromatic nitrogens is 1. The topological polar surface area (TPSA) is 37.8 Å². The molecule has 23 heavy (non-hydrogen) atoms. The molecule has 0 bridgehead atoms. The summed E-state index contributed by atoms with van der Waals surface area (Å²) in [6.07, 6.45) is 2.41. The van der Waals surface area contributed by atoms with Crippen LogP contribution in [0, 0.1) is 12.3 Å². The van der Waals surface area contributed by atoms with Gasteiger partial charge in [0.1, 0.15) is 0 Å². The summed E-state index contributed by atoms with van der Waals surface area (Å²) in [4.78, 5) is 9.82. The molecule has 0 amide bonds. The van der Waals surface area contributed by atoms with Crippen LogP contribution in [0.2, 0.25) is 0 Å². The number of hydrogen-bond donors (Lipinski definition) is 0. The molecule has 0 aromatic carbocycles. The highest BCUT2D eigenvalue weighted by Crippen LogP contribution is 2.35. The highest BCUT2D eigenvalue weighted by Gasteiger charge is 2.42. The second-order valence-corrected chi connectivity index (χ2v) is 8.42. The van der Waals surface area contributed by atoms with Gasteiger partial charge in [-0.05, 0) is 26.3 Å². The maximum absolute atomic E-state index is 6.00. The van der Waals surface area contributed by atoms with Crippen LogP contribution in [0.4, 0.5) is 0 Å². The van der Waals surface area contributed by atoms with Gasteiger partial charge in [-0.25, -0.2) is 4.98 Å². The van der Waals surface area contributed by atoms with Gasteiger partial charge in [-0.3, -0.25) is 9.80 Å². The van der Waals surface area contributed by atoms with Crippen LogP contribution in [-0.4, -0.2) is 73.4 Å². The summed E-state index contributed by atoms with van der Waals surface area (Å²) in [6.45, 7) is 11.2. The van der Waals surface area contributed by atoms with Crippen molar-refractivity contribution < 1.29 is 9.47 Å². The maximum Gasteiger partial charge on any atom is 0.0897 e. The number of ether oxygens (including phenoxy) is 2. The Hall–Kier alpha value is -0.530. The SMILES string of the molecule is Cc1nc(CN2CC[C@@]3(COCCN([C@H]4CCOC4)C3)C2)cs1. The van der Waals surface area contributed by atoms with E-state index in [-0.39, 0.29) is 0 Å². The molecule has 0 saturated carbocycles. The van der Waals surface area contributed by atoms with Crippen LogP contribution in [0.3, 0.4) is 0 Å². The zero-order valence-corrected chi connectivity index (χ0v) is 14.8. The predicted octanol–water partition coefficient (Wildman–Crippen LogP) is 1.76. The van der Waals surface area contributed by atoms with Gasteiger partial charge in [-0.15, -0.1) is 11.3 Å². The molecule has 3 aliphatic rings. The summed E-state index contributed by atoms with van der Waals surface area (Å²) in [7, 11) is 0. The van der Waals surface area contributed by atoms with E-state index in [1.807, 2.05) is 0 Å². The van der Waals surface area contributed by atoms with Crippen molar-refractivity contribution in [3.05, 3.63) is 16.1 Å². The van der Waals surface area contributed by atoms with E-state index in [4.69, 9.17) is 9.47 Å². The second-order valence-electron chi connectivity index (χ2n) is 7.36. The lowest BCUT2D eigenvalue weighted by atomic mass is 9.87. The number of likely N-dealkylation sites (tertiary alicyclic amines) is 1. The molecule has 3 aliphatic heterocycles. The van der Waals surface area contributed by atoms with Gasteiger partial charge in [-0.1, -0.05) is 0 Å². The first kappa shape index (κ1) is 16.0. The Morgan fingerprint density at radius 1 is 1.30 bits per heavy atom. The molecule has 2 atom stereocenters. The number of hydrogen-bond acceptors (Lipinski definition) is 6. The van der Waals surface area contributed by atoms with Gasteiger partial charge >= 0.3 is 0 Å². The third-order valence-electron chi connectivity index (χ3n) is 5.46. The van der Waals surface area contributed by atoms with E-state index in [9.17, 15) is 0 Å². The van der Waals surface area contributed by atoms with E-state index in [2.05, 4.69) is 27.1 Å². The van der Waals surface area contributed by atoms with E-state index >= 15 is 0 Å². The van der Waals surface area contributed by atoms with E-state index in [0.717, 1.165) is 59.2 Å². The van der Waals surface area contributed by atoms with E-state index in [1.165, 1.54) is 23.5 Å². The van der Waals surface area contributed by atoms with Gasteiger partial charge in [0.25, 0.3) is 0 Å². The molecule has 0 N–H and O–H groups in total. The number of thiazole rings is 1. The smallest absolute Gasteiger partial charge is 0.0897 e. The number of rotatable bonds is 3. The predicted molar refractivity (Wildman–Crippen MR) is 90.8 cm³/mol. The molecule has 0 radical (unpaired) electrons. The first-order valence-electron chi connectivity index (χ1n) is 8.75. The molecule has 1 aromatic rings. The number of aryl methyl sites for hydroxylation is 1. The van der Waals surface area contributed by atoms with Crippen LogP contribution in [0.5, 0.6) is 0 Å². The highest BCUT2D eigenvalue weighted by molar-refractivity contribution is 7.09. The quantitative estimate of drug-likeness (QED) is 0.840. The fourth-order valence-electron chi connectivity index (χ4n) is 4.27. The third kappa shape index (κ3) is 3.61. The van der Waals surface area contributed by atoms with Gasteiger partial charge in [0.15, 0.2) is 0 Å². The molecule has 4 rings (SSSR count). The van der Waals surface area contributed by atoms with Gasteiger partial charge in [0.2, 0.25) is 0 Å². The molecule has 6 heteroatoms. The largest absolute Gasteiger partial charge is 0.380 e. The lowest BCUT2D eigenvalue weighted by Gasteiger charge is -2.34. The summed E-state index contributed by atoms with van der Waals surface area (Å²) >= 11 is 1.75. The molecule has 3 fully saturated rings.